The molecule has 0 saturated carbocycles. The topological polar surface area (TPSA) is 47.6 Å². The van der Waals surface area contributed by atoms with Gasteiger partial charge in [0.1, 0.15) is 18.1 Å². The van der Waals surface area contributed by atoms with E-state index >= 15 is 0 Å². The van der Waals surface area contributed by atoms with Crippen LogP contribution in [0.2, 0.25) is 0 Å². The highest BCUT2D eigenvalue weighted by atomic mass is 16.5. The zero-order chi connectivity index (χ0) is 20.8. The lowest BCUT2D eigenvalue weighted by Gasteiger charge is -2.14. The summed E-state index contributed by atoms with van der Waals surface area (Å²) in [6.45, 7) is 2.78. The van der Waals surface area contributed by atoms with Crippen molar-refractivity contribution in [1.29, 1.82) is 0 Å². The van der Waals surface area contributed by atoms with Gasteiger partial charge in [-0.1, -0.05) is 48.5 Å². The minimum Gasteiger partial charge on any atom is -0.493 e. The zero-order valence-electron chi connectivity index (χ0n) is 16.8. The molecule has 0 fully saturated rings. The van der Waals surface area contributed by atoms with Crippen LogP contribution in [0, 0.1) is 0 Å². The van der Waals surface area contributed by atoms with Crippen LogP contribution in [0.1, 0.15) is 22.8 Å². The largest absolute Gasteiger partial charge is 0.493 e. The van der Waals surface area contributed by atoms with Crippen LogP contribution in [0.3, 0.4) is 0 Å². The molecule has 30 heavy (non-hydrogen) atoms. The summed E-state index contributed by atoms with van der Waals surface area (Å²) in [4.78, 5) is 12.7. The highest BCUT2D eigenvalue weighted by Gasteiger charge is 2.12. The Morgan fingerprint density at radius 3 is 2.37 bits per heavy atom. The fourth-order valence-corrected chi connectivity index (χ4v) is 3.27. The van der Waals surface area contributed by atoms with Gasteiger partial charge in [0, 0.05) is 16.8 Å². The molecule has 4 heteroatoms. The molecular formula is C26H23NO3. The van der Waals surface area contributed by atoms with Crippen molar-refractivity contribution >= 4 is 22.4 Å². The first kappa shape index (κ1) is 19.5. The highest BCUT2D eigenvalue weighted by Crippen LogP contribution is 2.25. The van der Waals surface area contributed by atoms with Gasteiger partial charge in [0.2, 0.25) is 0 Å². The highest BCUT2D eigenvalue weighted by molar-refractivity contribution is 6.04. The van der Waals surface area contributed by atoms with E-state index in [0.717, 1.165) is 28.1 Å². The monoisotopic (exact) mass is 397 g/mol. The minimum atomic E-state index is -0.170. The number of para-hydroxylation sites is 1. The van der Waals surface area contributed by atoms with Gasteiger partial charge < -0.3 is 14.8 Å². The van der Waals surface area contributed by atoms with Crippen LogP contribution in [-0.2, 0) is 6.61 Å². The Hall–Kier alpha value is -3.79. The van der Waals surface area contributed by atoms with Crippen molar-refractivity contribution in [2.75, 3.05) is 11.9 Å². The maximum Gasteiger partial charge on any atom is 0.255 e. The fraction of sp³-hybridized carbons (Fsp3) is 0.115. The maximum atomic E-state index is 12.7. The second-order valence-corrected chi connectivity index (χ2v) is 6.87. The molecule has 150 valence electrons. The number of hydrogen-bond donors (Lipinski definition) is 1. The molecule has 0 atom stereocenters. The minimum absolute atomic E-state index is 0.170. The molecule has 0 aliphatic rings. The number of carbonyl (C=O) groups excluding carboxylic acids is 1. The first-order valence-corrected chi connectivity index (χ1v) is 9.96. The smallest absolute Gasteiger partial charge is 0.255 e. The molecule has 0 heterocycles. The molecule has 0 bridgehead atoms. The number of nitrogens with one attached hydrogen (secondary N) is 1. The summed E-state index contributed by atoms with van der Waals surface area (Å²) < 4.78 is 11.8. The molecule has 4 nitrogen and oxygen atoms in total. The van der Waals surface area contributed by atoms with Crippen molar-refractivity contribution in [3.8, 4) is 11.5 Å². The van der Waals surface area contributed by atoms with Gasteiger partial charge in [0.15, 0.2) is 0 Å². The van der Waals surface area contributed by atoms with Crippen molar-refractivity contribution in [3.63, 3.8) is 0 Å². The molecule has 4 aromatic carbocycles. The number of fused-ring (bicyclic) bond motifs is 1. The normalized spacial score (nSPS) is 10.6. The molecule has 0 aliphatic heterocycles. The van der Waals surface area contributed by atoms with E-state index in [0.29, 0.717) is 18.8 Å². The Morgan fingerprint density at radius 1 is 0.800 bits per heavy atom. The standard InChI is InChI=1S/C26H23NO3/c1-2-29-25-15-13-21(26(28)27-23-10-4-3-5-11-23)16-22(25)18-30-24-14-12-19-8-6-7-9-20(19)17-24/h3-17H,2,18H2,1H3,(H,27,28). The SMILES string of the molecule is CCOc1ccc(C(=O)Nc2ccccc2)cc1COc1ccc2ccccc2c1. The quantitative estimate of drug-likeness (QED) is 0.412. The van der Waals surface area contributed by atoms with E-state index < -0.39 is 0 Å². The van der Waals surface area contributed by atoms with Crippen LogP contribution in [0.4, 0.5) is 5.69 Å². The van der Waals surface area contributed by atoms with E-state index in [-0.39, 0.29) is 5.91 Å². The Balaban J connectivity index is 1.53. The molecule has 0 unspecified atom stereocenters. The van der Waals surface area contributed by atoms with Gasteiger partial charge in [0.05, 0.1) is 6.61 Å². The first-order chi connectivity index (χ1) is 14.7. The second-order valence-electron chi connectivity index (χ2n) is 6.87. The maximum absolute atomic E-state index is 12.7. The number of benzene rings is 4. The molecule has 0 radical (unpaired) electrons. The second kappa shape index (κ2) is 9.14. The Kier molecular flexibility index (Phi) is 5.95. The van der Waals surface area contributed by atoms with Crippen LogP contribution in [0.5, 0.6) is 11.5 Å². The molecule has 0 saturated heterocycles. The predicted molar refractivity (Wildman–Crippen MR) is 120 cm³/mol. The number of hydrogen-bond acceptors (Lipinski definition) is 3. The summed E-state index contributed by atoms with van der Waals surface area (Å²) in [5.74, 6) is 1.32. The molecule has 1 amide bonds. The van der Waals surface area contributed by atoms with Crippen LogP contribution in [-0.4, -0.2) is 12.5 Å². The van der Waals surface area contributed by atoms with Crippen LogP contribution >= 0.6 is 0 Å². The van der Waals surface area contributed by atoms with Gasteiger partial charge in [-0.15, -0.1) is 0 Å². The first-order valence-electron chi connectivity index (χ1n) is 9.96. The van der Waals surface area contributed by atoms with E-state index in [1.54, 1.807) is 6.07 Å². The van der Waals surface area contributed by atoms with Crippen molar-refractivity contribution in [2.24, 2.45) is 0 Å². The third-order valence-electron chi connectivity index (χ3n) is 4.77. The van der Waals surface area contributed by atoms with E-state index in [9.17, 15) is 4.79 Å². The van der Waals surface area contributed by atoms with Crippen LogP contribution in [0.15, 0.2) is 91.0 Å². The van der Waals surface area contributed by atoms with E-state index in [4.69, 9.17) is 9.47 Å². The van der Waals surface area contributed by atoms with Crippen molar-refractivity contribution < 1.29 is 14.3 Å². The Bertz CT molecular complexity index is 1160. The van der Waals surface area contributed by atoms with Crippen LogP contribution < -0.4 is 14.8 Å². The van der Waals surface area contributed by atoms with E-state index in [1.165, 1.54) is 5.39 Å². The number of rotatable bonds is 7. The third kappa shape index (κ3) is 4.61. The lowest BCUT2D eigenvalue weighted by atomic mass is 10.1. The van der Waals surface area contributed by atoms with Crippen molar-refractivity contribution in [3.05, 3.63) is 102 Å². The average molecular weight is 397 g/mol. The summed E-state index contributed by atoms with van der Waals surface area (Å²) in [6, 6.07) is 29.0. The van der Waals surface area contributed by atoms with Gasteiger partial charge >= 0.3 is 0 Å². The van der Waals surface area contributed by atoms with Gasteiger partial charge in [0.25, 0.3) is 5.91 Å². The molecular weight excluding hydrogens is 374 g/mol. The number of amides is 1. The number of carbonyl (C=O) groups is 1. The average Bonchev–Trinajstić information content (AvgIpc) is 2.79. The summed E-state index contributed by atoms with van der Waals surface area (Å²) in [6.07, 6.45) is 0. The molecule has 0 aliphatic carbocycles. The molecule has 0 spiro atoms. The number of anilines is 1. The summed E-state index contributed by atoms with van der Waals surface area (Å²) in [7, 11) is 0. The van der Waals surface area contributed by atoms with E-state index in [2.05, 4.69) is 17.4 Å². The fourth-order valence-electron chi connectivity index (χ4n) is 3.27. The summed E-state index contributed by atoms with van der Waals surface area (Å²) in [5.41, 5.74) is 2.13. The van der Waals surface area contributed by atoms with Gasteiger partial charge in [-0.05, 0) is 60.2 Å². The number of ether oxygens (including phenoxy) is 2. The van der Waals surface area contributed by atoms with Crippen molar-refractivity contribution in [2.45, 2.75) is 13.5 Å². The van der Waals surface area contributed by atoms with E-state index in [1.807, 2.05) is 79.7 Å². The summed E-state index contributed by atoms with van der Waals surface area (Å²) >= 11 is 0. The lowest BCUT2D eigenvalue weighted by molar-refractivity contribution is 0.102. The van der Waals surface area contributed by atoms with Gasteiger partial charge in [-0.3, -0.25) is 4.79 Å². The van der Waals surface area contributed by atoms with Crippen molar-refractivity contribution in [1.82, 2.24) is 0 Å². The van der Waals surface area contributed by atoms with Gasteiger partial charge in [-0.2, -0.15) is 0 Å². The molecule has 1 N–H and O–H groups in total. The Morgan fingerprint density at radius 2 is 1.57 bits per heavy atom. The molecule has 4 aromatic rings. The lowest BCUT2D eigenvalue weighted by Crippen LogP contribution is -2.13. The Labute approximate surface area is 176 Å². The predicted octanol–water partition coefficient (Wildman–Crippen LogP) is 6.07. The third-order valence-corrected chi connectivity index (χ3v) is 4.77. The molecule has 4 rings (SSSR count). The molecule has 0 aromatic heterocycles. The summed E-state index contributed by atoms with van der Waals surface area (Å²) in [5, 5.41) is 5.20. The van der Waals surface area contributed by atoms with Crippen LogP contribution in [0.25, 0.3) is 10.8 Å². The zero-order valence-corrected chi connectivity index (χ0v) is 16.8. The van der Waals surface area contributed by atoms with Gasteiger partial charge in [-0.25, -0.2) is 0 Å².